The summed E-state index contributed by atoms with van der Waals surface area (Å²) in [5.74, 6) is -0.788. The lowest BCUT2D eigenvalue weighted by molar-refractivity contribution is -0.138. The van der Waals surface area contributed by atoms with Crippen LogP contribution in [0.25, 0.3) is 0 Å². The Hall–Kier alpha value is -0.570. The Balaban J connectivity index is 2.33. The summed E-state index contributed by atoms with van der Waals surface area (Å²) in [5, 5.41) is 17.6. The topological polar surface area (TPSA) is 57.5 Å². The van der Waals surface area contributed by atoms with Gasteiger partial charge >= 0.3 is 5.97 Å². The van der Waals surface area contributed by atoms with Crippen LogP contribution in [0.3, 0.4) is 0 Å². The smallest absolute Gasteiger partial charge is 0.303 e. The van der Waals surface area contributed by atoms with E-state index >= 15 is 0 Å². The van der Waals surface area contributed by atoms with Crippen molar-refractivity contribution < 1.29 is 15.0 Å². The second kappa shape index (κ2) is 3.01. The summed E-state index contributed by atoms with van der Waals surface area (Å²) < 4.78 is 0. The van der Waals surface area contributed by atoms with Crippen LogP contribution in [0.1, 0.15) is 25.7 Å². The molecule has 1 rings (SSSR count). The van der Waals surface area contributed by atoms with Crippen molar-refractivity contribution in [2.24, 2.45) is 5.92 Å². The number of aliphatic hydroxyl groups is 1. The van der Waals surface area contributed by atoms with E-state index in [1.165, 1.54) is 0 Å². The summed E-state index contributed by atoms with van der Waals surface area (Å²) in [6.45, 7) is 0. The Labute approximate surface area is 59.7 Å². The minimum absolute atomic E-state index is 0.0116. The van der Waals surface area contributed by atoms with Crippen molar-refractivity contribution in [3.8, 4) is 0 Å². The predicted molar refractivity (Wildman–Crippen MR) is 35.6 cm³/mol. The Morgan fingerprint density at radius 1 is 1.50 bits per heavy atom. The molecule has 0 saturated heterocycles. The molecule has 10 heavy (non-hydrogen) atoms. The van der Waals surface area contributed by atoms with Gasteiger partial charge in [-0.3, -0.25) is 4.79 Å². The fourth-order valence-corrected chi connectivity index (χ4v) is 1.48. The summed E-state index contributed by atoms with van der Waals surface area (Å²) in [7, 11) is 0. The standard InChI is InChI=1S/C7H12O3/c8-6-3-1-2-5(6)4-7(9)10/h5-6,8H,1-4H2,(H,9,10). The monoisotopic (exact) mass is 144 g/mol. The van der Waals surface area contributed by atoms with Gasteiger partial charge < -0.3 is 10.2 Å². The summed E-state index contributed by atoms with van der Waals surface area (Å²) in [4.78, 5) is 10.2. The van der Waals surface area contributed by atoms with E-state index in [9.17, 15) is 9.90 Å². The van der Waals surface area contributed by atoms with Crippen molar-refractivity contribution in [1.82, 2.24) is 0 Å². The van der Waals surface area contributed by atoms with E-state index in [-0.39, 0.29) is 18.4 Å². The van der Waals surface area contributed by atoms with Crippen molar-refractivity contribution in [3.63, 3.8) is 0 Å². The molecule has 0 aromatic carbocycles. The number of carboxylic acids is 1. The quantitative estimate of drug-likeness (QED) is 0.597. The number of hydrogen-bond acceptors (Lipinski definition) is 2. The normalized spacial score (nSPS) is 32.5. The zero-order chi connectivity index (χ0) is 7.56. The maximum Gasteiger partial charge on any atom is 0.303 e. The van der Waals surface area contributed by atoms with Crippen molar-refractivity contribution in [2.45, 2.75) is 31.8 Å². The van der Waals surface area contributed by atoms with E-state index in [2.05, 4.69) is 0 Å². The van der Waals surface area contributed by atoms with Gasteiger partial charge in [0.1, 0.15) is 0 Å². The summed E-state index contributed by atoms with van der Waals surface area (Å²) >= 11 is 0. The van der Waals surface area contributed by atoms with E-state index < -0.39 is 5.97 Å². The molecule has 1 aliphatic carbocycles. The number of carboxylic acid groups (broad SMARTS) is 1. The molecule has 2 atom stereocenters. The summed E-state index contributed by atoms with van der Waals surface area (Å²) in [5.41, 5.74) is 0. The molecule has 0 aromatic heterocycles. The lowest BCUT2D eigenvalue weighted by Crippen LogP contribution is -2.16. The summed E-state index contributed by atoms with van der Waals surface area (Å²) in [6.07, 6.45) is 2.38. The highest BCUT2D eigenvalue weighted by molar-refractivity contribution is 5.67. The van der Waals surface area contributed by atoms with Crippen LogP contribution in [0.15, 0.2) is 0 Å². The van der Waals surface area contributed by atoms with E-state index in [4.69, 9.17) is 5.11 Å². The van der Waals surface area contributed by atoms with Gasteiger partial charge in [-0.15, -0.1) is 0 Å². The van der Waals surface area contributed by atoms with E-state index in [0.29, 0.717) is 0 Å². The predicted octanol–water partition coefficient (Wildman–Crippen LogP) is 0.622. The summed E-state index contributed by atoms with van der Waals surface area (Å²) in [6, 6.07) is 0. The van der Waals surface area contributed by atoms with Crippen LogP contribution in [0.5, 0.6) is 0 Å². The lowest BCUT2D eigenvalue weighted by atomic mass is 10.0. The third-order valence-corrected chi connectivity index (χ3v) is 2.06. The van der Waals surface area contributed by atoms with Crippen LogP contribution in [0.2, 0.25) is 0 Å². The van der Waals surface area contributed by atoms with Crippen molar-refractivity contribution >= 4 is 5.97 Å². The van der Waals surface area contributed by atoms with Gasteiger partial charge in [-0.05, 0) is 18.8 Å². The molecule has 0 radical (unpaired) electrons. The molecule has 58 valence electrons. The van der Waals surface area contributed by atoms with Gasteiger partial charge in [-0.1, -0.05) is 6.42 Å². The zero-order valence-corrected chi connectivity index (χ0v) is 5.79. The molecule has 1 fully saturated rings. The van der Waals surface area contributed by atoms with Gasteiger partial charge in [-0.25, -0.2) is 0 Å². The highest BCUT2D eigenvalue weighted by Crippen LogP contribution is 2.27. The van der Waals surface area contributed by atoms with Crippen LogP contribution in [-0.4, -0.2) is 22.3 Å². The van der Waals surface area contributed by atoms with Crippen LogP contribution in [-0.2, 0) is 4.79 Å². The van der Waals surface area contributed by atoms with Crippen LogP contribution >= 0.6 is 0 Å². The number of hydrogen-bond donors (Lipinski definition) is 2. The van der Waals surface area contributed by atoms with Gasteiger partial charge in [-0.2, -0.15) is 0 Å². The first-order valence-electron chi connectivity index (χ1n) is 3.60. The molecule has 0 aromatic rings. The SMILES string of the molecule is O=C(O)CC1CCCC1O. The number of aliphatic carboxylic acids is 1. The average Bonchev–Trinajstić information content (AvgIpc) is 2.15. The molecule has 3 heteroatoms. The van der Waals surface area contributed by atoms with E-state index in [1.807, 2.05) is 0 Å². The first-order chi connectivity index (χ1) is 4.70. The molecular formula is C7H12O3. The average molecular weight is 144 g/mol. The number of carbonyl (C=O) groups is 1. The Morgan fingerprint density at radius 3 is 2.60 bits per heavy atom. The number of aliphatic hydroxyl groups excluding tert-OH is 1. The molecule has 0 aliphatic heterocycles. The fraction of sp³-hybridized carbons (Fsp3) is 0.857. The molecule has 2 N–H and O–H groups in total. The molecule has 0 spiro atoms. The minimum Gasteiger partial charge on any atom is -0.481 e. The van der Waals surface area contributed by atoms with E-state index in [0.717, 1.165) is 19.3 Å². The maximum absolute atomic E-state index is 10.2. The van der Waals surface area contributed by atoms with Gasteiger partial charge in [0.15, 0.2) is 0 Å². The first-order valence-corrected chi connectivity index (χ1v) is 3.60. The molecular weight excluding hydrogens is 132 g/mol. The van der Waals surface area contributed by atoms with Crippen LogP contribution in [0, 0.1) is 5.92 Å². The third-order valence-electron chi connectivity index (χ3n) is 2.06. The van der Waals surface area contributed by atoms with Crippen LogP contribution < -0.4 is 0 Å². The van der Waals surface area contributed by atoms with Crippen LogP contribution in [0.4, 0.5) is 0 Å². The Kier molecular flexibility index (Phi) is 2.27. The molecule has 1 saturated carbocycles. The van der Waals surface area contributed by atoms with Crippen molar-refractivity contribution in [2.75, 3.05) is 0 Å². The highest BCUT2D eigenvalue weighted by atomic mass is 16.4. The molecule has 0 amide bonds. The third kappa shape index (κ3) is 1.70. The highest BCUT2D eigenvalue weighted by Gasteiger charge is 2.26. The fourth-order valence-electron chi connectivity index (χ4n) is 1.48. The second-order valence-electron chi connectivity index (χ2n) is 2.86. The first kappa shape index (κ1) is 7.54. The lowest BCUT2D eigenvalue weighted by Gasteiger charge is -2.09. The Bertz CT molecular complexity index is 133. The molecule has 2 unspecified atom stereocenters. The Morgan fingerprint density at radius 2 is 2.20 bits per heavy atom. The molecule has 0 heterocycles. The zero-order valence-electron chi connectivity index (χ0n) is 5.79. The second-order valence-corrected chi connectivity index (χ2v) is 2.86. The number of rotatable bonds is 2. The molecule has 0 bridgehead atoms. The van der Waals surface area contributed by atoms with E-state index in [1.54, 1.807) is 0 Å². The van der Waals surface area contributed by atoms with Gasteiger partial charge in [0.2, 0.25) is 0 Å². The minimum atomic E-state index is -0.800. The van der Waals surface area contributed by atoms with Crippen molar-refractivity contribution in [1.29, 1.82) is 0 Å². The molecule has 3 nitrogen and oxygen atoms in total. The van der Waals surface area contributed by atoms with Crippen molar-refractivity contribution in [3.05, 3.63) is 0 Å². The van der Waals surface area contributed by atoms with Gasteiger partial charge in [0.25, 0.3) is 0 Å². The molecule has 1 aliphatic rings. The van der Waals surface area contributed by atoms with Gasteiger partial charge in [0.05, 0.1) is 12.5 Å². The largest absolute Gasteiger partial charge is 0.481 e. The van der Waals surface area contributed by atoms with Gasteiger partial charge in [0, 0.05) is 0 Å². The maximum atomic E-state index is 10.2.